The number of terminal acetylenes is 1. The lowest BCUT2D eigenvalue weighted by molar-refractivity contribution is -0.120. The largest absolute Gasteiger partial charge is 0.326 e. The first-order valence-corrected chi connectivity index (χ1v) is 7.67. The van der Waals surface area contributed by atoms with Crippen LogP contribution in [0.25, 0.3) is 10.2 Å². The number of anilines is 1. The molecule has 0 bridgehead atoms. The normalized spacial score (nSPS) is 11.7. The number of carbonyl (C=O) groups is 2. The van der Waals surface area contributed by atoms with Crippen LogP contribution in [0.15, 0.2) is 23.2 Å². The fourth-order valence-corrected chi connectivity index (χ4v) is 2.98. The highest BCUT2D eigenvalue weighted by Gasteiger charge is 2.10. The molecule has 5 nitrogen and oxygen atoms in total. The third kappa shape index (κ3) is 3.43. The second-order valence-electron chi connectivity index (χ2n) is 5.14. The molecular formula is C16H17N3O2S. The number of hydrogen-bond donors (Lipinski definition) is 1. The average Bonchev–Trinajstić information content (AvgIpc) is 2.75. The van der Waals surface area contributed by atoms with Crippen LogP contribution in [-0.2, 0) is 16.1 Å². The molecule has 0 unspecified atom stereocenters. The molecule has 0 saturated heterocycles. The van der Waals surface area contributed by atoms with E-state index in [9.17, 15) is 9.59 Å². The van der Waals surface area contributed by atoms with Crippen molar-refractivity contribution < 1.29 is 9.59 Å². The number of thiazole rings is 1. The van der Waals surface area contributed by atoms with Gasteiger partial charge in [-0.3, -0.25) is 9.59 Å². The van der Waals surface area contributed by atoms with Gasteiger partial charge >= 0.3 is 0 Å². The third-order valence-corrected chi connectivity index (χ3v) is 3.99. The van der Waals surface area contributed by atoms with Crippen LogP contribution >= 0.6 is 11.3 Å². The maximum absolute atomic E-state index is 11.9. The highest BCUT2D eigenvalue weighted by atomic mass is 32.1. The van der Waals surface area contributed by atoms with Gasteiger partial charge in [0.2, 0.25) is 5.91 Å². The number of rotatable bonds is 3. The highest BCUT2D eigenvalue weighted by molar-refractivity contribution is 7.16. The number of nitrogens with zero attached hydrogens (tertiary/aromatic N) is 2. The van der Waals surface area contributed by atoms with E-state index >= 15 is 0 Å². The van der Waals surface area contributed by atoms with E-state index in [1.165, 1.54) is 18.3 Å². The quantitative estimate of drug-likeness (QED) is 0.884. The van der Waals surface area contributed by atoms with Gasteiger partial charge in [-0.2, -0.15) is 4.99 Å². The van der Waals surface area contributed by atoms with Crippen LogP contribution in [-0.4, -0.2) is 16.4 Å². The first-order chi connectivity index (χ1) is 10.4. The number of hydrogen-bond acceptors (Lipinski definition) is 3. The van der Waals surface area contributed by atoms with E-state index in [1.807, 2.05) is 16.7 Å². The summed E-state index contributed by atoms with van der Waals surface area (Å²) in [5.41, 5.74) is 1.60. The zero-order valence-corrected chi connectivity index (χ0v) is 13.5. The van der Waals surface area contributed by atoms with Gasteiger partial charge in [-0.05, 0) is 18.2 Å². The molecule has 1 aromatic carbocycles. The molecule has 2 amide bonds. The molecule has 0 aliphatic carbocycles. The minimum absolute atomic E-state index is 0.132. The van der Waals surface area contributed by atoms with Crippen molar-refractivity contribution in [2.75, 3.05) is 5.32 Å². The van der Waals surface area contributed by atoms with Crippen LogP contribution in [0.1, 0.15) is 20.8 Å². The van der Waals surface area contributed by atoms with E-state index < -0.39 is 0 Å². The maximum Gasteiger partial charge on any atom is 0.250 e. The topological polar surface area (TPSA) is 63.5 Å². The van der Waals surface area contributed by atoms with Crippen molar-refractivity contribution in [1.82, 2.24) is 4.57 Å². The zero-order chi connectivity index (χ0) is 16.3. The van der Waals surface area contributed by atoms with Crippen molar-refractivity contribution in [2.45, 2.75) is 27.3 Å². The number of nitrogens with one attached hydrogen (secondary N) is 1. The van der Waals surface area contributed by atoms with Crippen molar-refractivity contribution >= 4 is 39.1 Å². The summed E-state index contributed by atoms with van der Waals surface area (Å²) in [5, 5.41) is 2.74. The van der Waals surface area contributed by atoms with Gasteiger partial charge in [0.05, 0.1) is 16.8 Å². The Hall–Kier alpha value is -2.39. The molecule has 0 atom stereocenters. The second kappa shape index (κ2) is 6.58. The molecule has 0 saturated carbocycles. The summed E-state index contributed by atoms with van der Waals surface area (Å²) in [6.07, 6.45) is 5.42. The predicted molar refractivity (Wildman–Crippen MR) is 88.4 cm³/mol. The third-order valence-electron chi connectivity index (χ3n) is 2.95. The zero-order valence-electron chi connectivity index (χ0n) is 12.7. The SMILES string of the molecule is C#CCn1c(=NC(=O)C(C)C)sc2cc(NC(C)=O)ccc21. The summed E-state index contributed by atoms with van der Waals surface area (Å²) in [7, 11) is 0. The minimum atomic E-state index is -0.181. The summed E-state index contributed by atoms with van der Waals surface area (Å²) in [6.45, 7) is 5.40. The number of amides is 2. The smallest absolute Gasteiger partial charge is 0.250 e. The molecule has 0 radical (unpaired) electrons. The van der Waals surface area contributed by atoms with Crippen molar-refractivity contribution in [3.63, 3.8) is 0 Å². The molecule has 22 heavy (non-hydrogen) atoms. The van der Waals surface area contributed by atoms with Crippen molar-refractivity contribution in [3.05, 3.63) is 23.0 Å². The molecule has 1 aromatic heterocycles. The van der Waals surface area contributed by atoms with E-state index in [-0.39, 0.29) is 17.7 Å². The van der Waals surface area contributed by atoms with Gasteiger partial charge in [0.25, 0.3) is 5.91 Å². The van der Waals surface area contributed by atoms with Gasteiger partial charge in [-0.1, -0.05) is 31.1 Å². The molecule has 1 N–H and O–H groups in total. The summed E-state index contributed by atoms with van der Waals surface area (Å²) >= 11 is 1.38. The molecule has 1 heterocycles. The Kier molecular flexibility index (Phi) is 4.78. The molecule has 0 aliphatic heterocycles. The number of carbonyl (C=O) groups excluding carboxylic acids is 2. The van der Waals surface area contributed by atoms with E-state index in [0.717, 1.165) is 10.2 Å². The maximum atomic E-state index is 11.9. The Balaban J connectivity index is 2.61. The number of aromatic nitrogens is 1. The van der Waals surface area contributed by atoms with Gasteiger partial charge in [0.1, 0.15) is 0 Å². The molecule has 0 fully saturated rings. The van der Waals surface area contributed by atoms with E-state index in [0.29, 0.717) is 17.0 Å². The summed E-state index contributed by atoms with van der Waals surface area (Å²) in [4.78, 5) is 27.8. The van der Waals surface area contributed by atoms with Gasteiger partial charge in [0, 0.05) is 18.5 Å². The van der Waals surface area contributed by atoms with Crippen LogP contribution in [0.4, 0.5) is 5.69 Å². The minimum Gasteiger partial charge on any atom is -0.326 e. The molecule has 2 rings (SSSR count). The molecule has 0 aliphatic rings. The standard InChI is InChI=1S/C16H17N3O2S/c1-5-8-19-13-7-6-12(17-11(4)20)9-14(13)22-16(19)18-15(21)10(2)3/h1,6-7,9-10H,8H2,2-4H3,(H,17,20). The van der Waals surface area contributed by atoms with Gasteiger partial charge in [-0.15, -0.1) is 6.42 Å². The first kappa shape index (κ1) is 16.0. The summed E-state index contributed by atoms with van der Waals surface area (Å²) in [6, 6.07) is 5.53. The van der Waals surface area contributed by atoms with Crippen molar-refractivity contribution in [2.24, 2.45) is 10.9 Å². The molecular weight excluding hydrogens is 298 g/mol. The molecule has 6 heteroatoms. The van der Waals surface area contributed by atoms with Crippen LogP contribution in [0.5, 0.6) is 0 Å². The lowest BCUT2D eigenvalue weighted by atomic mass is 10.2. The van der Waals surface area contributed by atoms with Crippen LogP contribution in [0.2, 0.25) is 0 Å². The lowest BCUT2D eigenvalue weighted by Crippen LogP contribution is -2.18. The molecule has 114 valence electrons. The van der Waals surface area contributed by atoms with Gasteiger partial charge in [0.15, 0.2) is 4.80 Å². The lowest BCUT2D eigenvalue weighted by Gasteiger charge is -2.03. The highest BCUT2D eigenvalue weighted by Crippen LogP contribution is 2.22. The fourth-order valence-electron chi connectivity index (χ4n) is 1.91. The number of benzene rings is 1. The van der Waals surface area contributed by atoms with Crippen LogP contribution in [0, 0.1) is 18.3 Å². The monoisotopic (exact) mass is 315 g/mol. The molecule has 0 spiro atoms. The van der Waals surface area contributed by atoms with Crippen molar-refractivity contribution in [3.8, 4) is 12.3 Å². The van der Waals surface area contributed by atoms with Crippen LogP contribution < -0.4 is 10.1 Å². The van der Waals surface area contributed by atoms with Crippen LogP contribution in [0.3, 0.4) is 0 Å². The first-order valence-electron chi connectivity index (χ1n) is 6.85. The second-order valence-corrected chi connectivity index (χ2v) is 6.15. The predicted octanol–water partition coefficient (Wildman–Crippen LogP) is 2.38. The van der Waals surface area contributed by atoms with Gasteiger partial charge in [-0.25, -0.2) is 0 Å². The average molecular weight is 315 g/mol. The Morgan fingerprint density at radius 1 is 1.45 bits per heavy atom. The van der Waals surface area contributed by atoms with E-state index in [4.69, 9.17) is 6.42 Å². The van der Waals surface area contributed by atoms with Gasteiger partial charge < -0.3 is 9.88 Å². The van der Waals surface area contributed by atoms with E-state index in [1.54, 1.807) is 19.9 Å². The molecule has 2 aromatic rings. The Morgan fingerprint density at radius 3 is 2.77 bits per heavy atom. The Bertz CT molecular complexity index is 837. The summed E-state index contributed by atoms with van der Waals surface area (Å²) in [5.74, 6) is 2.10. The Morgan fingerprint density at radius 2 is 2.18 bits per heavy atom. The van der Waals surface area contributed by atoms with E-state index in [2.05, 4.69) is 16.2 Å². The number of fused-ring (bicyclic) bond motifs is 1. The summed E-state index contributed by atoms with van der Waals surface area (Å²) < 4.78 is 2.74. The fraction of sp³-hybridized carbons (Fsp3) is 0.312. The Labute approximate surface area is 132 Å². The van der Waals surface area contributed by atoms with Crippen molar-refractivity contribution in [1.29, 1.82) is 0 Å².